The molecule has 0 unspecified atom stereocenters. The smallest absolute Gasteiger partial charge is 0.402 e. The van der Waals surface area contributed by atoms with Crippen LogP contribution in [0.2, 0.25) is 0 Å². The molecule has 0 amide bonds. The van der Waals surface area contributed by atoms with E-state index in [1.54, 1.807) is 6.07 Å². The molecule has 16 heavy (non-hydrogen) atoms. The van der Waals surface area contributed by atoms with Crippen molar-refractivity contribution in [1.29, 1.82) is 0 Å². The second-order valence-electron chi connectivity index (χ2n) is 2.92. The van der Waals surface area contributed by atoms with E-state index in [0.717, 1.165) is 9.09 Å². The maximum absolute atomic E-state index is 10.7. The second-order valence-corrected chi connectivity index (χ2v) is 5.33. The predicted octanol–water partition coefficient (Wildman–Crippen LogP) is -0.752. The third-order valence-electron chi connectivity index (χ3n) is 1.82. The van der Waals surface area contributed by atoms with Crippen molar-refractivity contribution in [1.82, 2.24) is 4.98 Å². The molecule has 2 aromatic rings. The quantitative estimate of drug-likeness (QED) is 0.373. The van der Waals surface area contributed by atoms with Crippen LogP contribution in [-0.2, 0) is 4.57 Å². The van der Waals surface area contributed by atoms with Gasteiger partial charge in [-0.15, -0.1) is 0 Å². The molecule has 0 aliphatic heterocycles. The van der Waals surface area contributed by atoms with Crippen molar-refractivity contribution in [3.63, 3.8) is 0 Å². The molecule has 1 aromatic carbocycles. The van der Waals surface area contributed by atoms with E-state index >= 15 is 0 Å². The van der Waals surface area contributed by atoms with Crippen LogP contribution in [0.15, 0.2) is 24.4 Å². The summed E-state index contributed by atoms with van der Waals surface area (Å²) in [6, 6.07) is 5.50. The molecule has 0 atom stereocenters. The van der Waals surface area contributed by atoms with Gasteiger partial charge in [0.1, 0.15) is 0 Å². The molecule has 2 rings (SSSR count). The van der Waals surface area contributed by atoms with Crippen molar-refractivity contribution in [3.05, 3.63) is 28.0 Å². The minimum Gasteiger partial charge on any atom is -0.402 e. The minimum atomic E-state index is -4.50. The average Bonchev–Trinajstić information content (AvgIpc) is 2.46. The van der Waals surface area contributed by atoms with Crippen molar-refractivity contribution in [2.75, 3.05) is 0 Å². The van der Waals surface area contributed by atoms with E-state index in [1.807, 2.05) is 12.1 Å². The van der Waals surface area contributed by atoms with Crippen LogP contribution in [0.1, 0.15) is 0 Å². The zero-order chi connectivity index (χ0) is 11.1. The minimum absolute atomic E-state index is 0. The van der Waals surface area contributed by atoms with E-state index in [2.05, 4.69) is 32.1 Å². The number of aromatic nitrogens is 1. The first-order valence-electron chi connectivity index (χ1n) is 3.97. The summed E-state index contributed by atoms with van der Waals surface area (Å²) in [6.45, 7) is 0. The fourth-order valence-electron chi connectivity index (χ4n) is 1.27. The topological polar surface area (TPSA) is 82.6 Å². The summed E-state index contributed by atoms with van der Waals surface area (Å²) in [4.78, 5) is 20.2. The van der Waals surface area contributed by atoms with Crippen molar-refractivity contribution in [2.45, 2.75) is 0 Å². The van der Waals surface area contributed by atoms with Crippen molar-refractivity contribution in [2.24, 2.45) is 0 Å². The van der Waals surface area contributed by atoms with Gasteiger partial charge in [0.05, 0.1) is 0 Å². The standard InChI is InChI=1S/C8H7INO4P.Na/c9-5-1-2-7-6(3-5)8(4-10-7)14-15(11,12)13;/h1-4,10H,(H2,11,12,13);/q;+1. The molecule has 5 nitrogen and oxygen atoms in total. The molecule has 3 N–H and O–H groups in total. The van der Waals surface area contributed by atoms with E-state index in [1.165, 1.54) is 6.20 Å². The van der Waals surface area contributed by atoms with Gasteiger partial charge in [-0.3, -0.25) is 9.79 Å². The van der Waals surface area contributed by atoms with Gasteiger partial charge in [0.2, 0.25) is 0 Å². The summed E-state index contributed by atoms with van der Waals surface area (Å²) in [6.07, 6.45) is 1.43. The maximum Gasteiger partial charge on any atom is 1.00 e. The second kappa shape index (κ2) is 5.39. The van der Waals surface area contributed by atoms with Crippen LogP contribution in [0, 0.1) is 3.57 Å². The van der Waals surface area contributed by atoms with E-state index in [9.17, 15) is 4.57 Å². The van der Waals surface area contributed by atoms with E-state index in [4.69, 9.17) is 9.79 Å². The molecule has 0 spiro atoms. The van der Waals surface area contributed by atoms with Crippen LogP contribution in [0.3, 0.4) is 0 Å². The largest absolute Gasteiger partial charge is 1.00 e. The monoisotopic (exact) mass is 362 g/mol. The van der Waals surface area contributed by atoms with Crippen LogP contribution < -0.4 is 34.1 Å². The Hall–Kier alpha value is 0.440. The van der Waals surface area contributed by atoms with Gasteiger partial charge in [-0.2, -0.15) is 0 Å². The number of phosphoric ester groups is 1. The van der Waals surface area contributed by atoms with Crippen molar-refractivity contribution < 1.29 is 48.4 Å². The van der Waals surface area contributed by atoms with Crippen LogP contribution in [-0.4, -0.2) is 14.8 Å². The van der Waals surface area contributed by atoms with E-state index < -0.39 is 7.82 Å². The van der Waals surface area contributed by atoms with Gasteiger partial charge in [-0.1, -0.05) is 0 Å². The van der Waals surface area contributed by atoms with Crippen LogP contribution in [0.5, 0.6) is 5.75 Å². The Morgan fingerprint density at radius 1 is 1.38 bits per heavy atom. The van der Waals surface area contributed by atoms with Crippen LogP contribution in [0.4, 0.5) is 0 Å². The number of fused-ring (bicyclic) bond motifs is 1. The number of rotatable bonds is 2. The number of aromatic amines is 1. The molecule has 1 aromatic heterocycles. The Morgan fingerprint density at radius 3 is 2.69 bits per heavy atom. The van der Waals surface area contributed by atoms with Crippen molar-refractivity contribution >= 4 is 41.3 Å². The molecular formula is C8H7INNaO4P+. The number of hydrogen-bond acceptors (Lipinski definition) is 2. The molecule has 80 valence electrons. The SMILES string of the molecule is O=P(O)(O)Oc1c[nH]c2ccc(I)cc12.[Na+]. The normalized spacial score (nSPS) is 11.2. The van der Waals surface area contributed by atoms with Gasteiger partial charge >= 0.3 is 37.4 Å². The summed E-state index contributed by atoms with van der Waals surface area (Å²) in [5, 5.41) is 0.658. The molecule has 0 saturated carbocycles. The molecular weight excluding hydrogens is 355 g/mol. The number of benzene rings is 1. The summed E-state index contributed by atoms with van der Waals surface area (Å²) in [7, 11) is -4.50. The number of hydrogen-bond donors (Lipinski definition) is 3. The Balaban J connectivity index is 0.00000128. The van der Waals surface area contributed by atoms with E-state index in [0.29, 0.717) is 5.39 Å². The van der Waals surface area contributed by atoms with Gasteiger partial charge in [0.15, 0.2) is 5.75 Å². The Bertz CT molecular complexity index is 552. The van der Waals surface area contributed by atoms with Crippen LogP contribution >= 0.6 is 30.4 Å². The molecule has 0 fully saturated rings. The number of H-pyrrole nitrogens is 1. The summed E-state index contributed by atoms with van der Waals surface area (Å²) >= 11 is 2.12. The molecule has 0 aliphatic carbocycles. The van der Waals surface area contributed by atoms with Gasteiger partial charge in [0.25, 0.3) is 0 Å². The molecule has 8 heteroatoms. The Kier molecular flexibility index (Phi) is 4.88. The first kappa shape index (κ1) is 14.5. The Morgan fingerprint density at radius 2 is 2.06 bits per heavy atom. The van der Waals surface area contributed by atoms with E-state index in [-0.39, 0.29) is 35.3 Å². The van der Waals surface area contributed by atoms with Gasteiger partial charge in [-0.05, 0) is 40.8 Å². The third kappa shape index (κ3) is 3.46. The molecule has 0 bridgehead atoms. The maximum atomic E-state index is 10.7. The average molecular weight is 362 g/mol. The summed E-state index contributed by atoms with van der Waals surface area (Å²) in [5.74, 6) is 0.164. The third-order valence-corrected chi connectivity index (χ3v) is 2.93. The predicted molar refractivity (Wildman–Crippen MR) is 63.7 cm³/mol. The van der Waals surface area contributed by atoms with Gasteiger partial charge < -0.3 is 9.51 Å². The Labute approximate surface area is 127 Å². The number of nitrogens with one attached hydrogen (secondary N) is 1. The fourth-order valence-corrected chi connectivity index (χ4v) is 2.17. The zero-order valence-corrected chi connectivity index (χ0v) is 13.4. The number of halogens is 1. The molecule has 0 aliphatic rings. The molecule has 0 saturated heterocycles. The molecule has 0 radical (unpaired) electrons. The van der Waals surface area contributed by atoms with Gasteiger partial charge in [-0.25, -0.2) is 4.57 Å². The summed E-state index contributed by atoms with van der Waals surface area (Å²) in [5.41, 5.74) is 0.777. The zero-order valence-electron chi connectivity index (χ0n) is 8.35. The first-order valence-corrected chi connectivity index (χ1v) is 6.58. The van der Waals surface area contributed by atoms with Crippen LogP contribution in [0.25, 0.3) is 10.9 Å². The number of phosphoric acid groups is 1. The first-order chi connectivity index (χ1) is 6.96. The van der Waals surface area contributed by atoms with Crippen molar-refractivity contribution in [3.8, 4) is 5.75 Å². The molecule has 1 heterocycles. The summed E-state index contributed by atoms with van der Waals surface area (Å²) < 4.78 is 16.2. The van der Waals surface area contributed by atoms with Gasteiger partial charge in [0, 0.05) is 20.7 Å². The fraction of sp³-hybridized carbons (Fsp3) is 0.